The summed E-state index contributed by atoms with van der Waals surface area (Å²) in [7, 11) is -3.82. The summed E-state index contributed by atoms with van der Waals surface area (Å²) in [5.74, 6) is -2.14. The predicted octanol–water partition coefficient (Wildman–Crippen LogP) is 3.49. The lowest BCUT2D eigenvalue weighted by Gasteiger charge is -2.08. The molecule has 0 saturated carbocycles. The molecule has 0 radical (unpaired) electrons. The van der Waals surface area contributed by atoms with Gasteiger partial charge in [-0.1, -0.05) is 0 Å². The van der Waals surface area contributed by atoms with Crippen LogP contribution in [-0.2, 0) is 10.0 Å². The van der Waals surface area contributed by atoms with E-state index in [2.05, 4.69) is 4.72 Å². The van der Waals surface area contributed by atoms with E-state index in [9.17, 15) is 17.2 Å². The van der Waals surface area contributed by atoms with Crippen molar-refractivity contribution in [2.45, 2.75) is 9.79 Å². The Morgan fingerprint density at radius 2 is 1.65 bits per heavy atom. The molecule has 0 unspecified atom stereocenters. The maximum atomic E-state index is 13.0. The monoisotopic (exact) mass is 315 g/mol. The molecule has 0 saturated heterocycles. The molecule has 3 nitrogen and oxygen atoms in total. The highest BCUT2D eigenvalue weighted by atomic mass is 32.2. The van der Waals surface area contributed by atoms with Crippen molar-refractivity contribution >= 4 is 27.5 Å². The van der Waals surface area contributed by atoms with Gasteiger partial charge in [0.2, 0.25) is 0 Å². The van der Waals surface area contributed by atoms with Gasteiger partial charge in [0.15, 0.2) is 11.6 Å². The lowest BCUT2D eigenvalue weighted by atomic mass is 10.3. The normalized spacial score (nSPS) is 11.3. The lowest BCUT2D eigenvalue weighted by molar-refractivity contribution is 0.509. The Hall–Kier alpha value is -1.60. The molecule has 0 spiro atoms. The molecule has 0 aliphatic rings. The number of anilines is 1. The molecule has 0 aromatic heterocycles. The van der Waals surface area contributed by atoms with Crippen molar-refractivity contribution in [3.63, 3.8) is 0 Å². The first-order valence-electron chi connectivity index (χ1n) is 5.54. The van der Waals surface area contributed by atoms with Crippen molar-refractivity contribution in [3.05, 3.63) is 54.1 Å². The van der Waals surface area contributed by atoms with Gasteiger partial charge in [0.1, 0.15) is 0 Å². The van der Waals surface area contributed by atoms with Crippen LogP contribution < -0.4 is 4.72 Å². The average molecular weight is 315 g/mol. The van der Waals surface area contributed by atoms with Crippen molar-refractivity contribution in [3.8, 4) is 0 Å². The van der Waals surface area contributed by atoms with Crippen molar-refractivity contribution in [1.29, 1.82) is 0 Å². The summed E-state index contributed by atoms with van der Waals surface area (Å²) in [6, 6.07) is 9.07. The standard InChI is InChI=1S/C13H11F2NO2S2/c1-19-10-3-5-11(6-4-10)20(17,18)16-9-2-7-12(14)13(15)8-9/h2-8,16H,1H3. The van der Waals surface area contributed by atoms with Gasteiger partial charge < -0.3 is 0 Å². The fraction of sp³-hybridized carbons (Fsp3) is 0.0769. The zero-order chi connectivity index (χ0) is 14.8. The predicted molar refractivity (Wildman–Crippen MR) is 75.4 cm³/mol. The van der Waals surface area contributed by atoms with Crippen LogP contribution in [0.15, 0.2) is 52.3 Å². The lowest BCUT2D eigenvalue weighted by Crippen LogP contribution is -2.13. The van der Waals surface area contributed by atoms with Crippen LogP contribution in [0.1, 0.15) is 0 Å². The van der Waals surface area contributed by atoms with Gasteiger partial charge in [-0.3, -0.25) is 4.72 Å². The average Bonchev–Trinajstić information content (AvgIpc) is 2.43. The molecule has 0 heterocycles. The molecule has 2 aromatic rings. The number of hydrogen-bond acceptors (Lipinski definition) is 3. The molecule has 20 heavy (non-hydrogen) atoms. The SMILES string of the molecule is CSc1ccc(S(=O)(=O)Nc2ccc(F)c(F)c2)cc1. The summed E-state index contributed by atoms with van der Waals surface area (Å²) in [5.41, 5.74) is -0.0298. The van der Waals surface area contributed by atoms with Gasteiger partial charge in [0, 0.05) is 11.0 Å². The van der Waals surface area contributed by atoms with Crippen LogP contribution in [0.3, 0.4) is 0 Å². The quantitative estimate of drug-likeness (QED) is 0.879. The van der Waals surface area contributed by atoms with Gasteiger partial charge in [-0.05, 0) is 42.7 Å². The highest BCUT2D eigenvalue weighted by Gasteiger charge is 2.15. The summed E-state index contributed by atoms with van der Waals surface area (Å²) < 4.78 is 52.2. The van der Waals surface area contributed by atoms with E-state index in [-0.39, 0.29) is 10.6 Å². The second-order valence-corrected chi connectivity index (χ2v) is 6.47. The number of nitrogens with one attached hydrogen (secondary N) is 1. The third-order valence-electron chi connectivity index (χ3n) is 2.54. The Morgan fingerprint density at radius 1 is 1.00 bits per heavy atom. The van der Waals surface area contributed by atoms with Crippen molar-refractivity contribution in [2.75, 3.05) is 11.0 Å². The van der Waals surface area contributed by atoms with Crippen LogP contribution in [0.5, 0.6) is 0 Å². The zero-order valence-electron chi connectivity index (χ0n) is 10.4. The first-order valence-corrected chi connectivity index (χ1v) is 8.25. The van der Waals surface area contributed by atoms with Gasteiger partial charge in [0.05, 0.1) is 10.6 Å². The maximum Gasteiger partial charge on any atom is 0.261 e. The Labute approximate surface area is 120 Å². The molecular weight excluding hydrogens is 304 g/mol. The van der Waals surface area contributed by atoms with Crippen LogP contribution in [0.4, 0.5) is 14.5 Å². The highest BCUT2D eigenvalue weighted by molar-refractivity contribution is 7.98. The smallest absolute Gasteiger partial charge is 0.261 e. The summed E-state index contributed by atoms with van der Waals surface area (Å²) in [6.07, 6.45) is 1.88. The fourth-order valence-electron chi connectivity index (χ4n) is 1.53. The van der Waals surface area contributed by atoms with E-state index >= 15 is 0 Å². The molecule has 1 N–H and O–H groups in total. The van der Waals surface area contributed by atoms with Crippen LogP contribution in [0.2, 0.25) is 0 Å². The third kappa shape index (κ3) is 3.29. The number of benzene rings is 2. The Bertz CT molecular complexity index is 716. The topological polar surface area (TPSA) is 46.2 Å². The summed E-state index contributed by atoms with van der Waals surface area (Å²) in [4.78, 5) is 0.983. The molecule has 7 heteroatoms. The van der Waals surface area contributed by atoms with E-state index in [0.717, 1.165) is 23.1 Å². The zero-order valence-corrected chi connectivity index (χ0v) is 12.1. The minimum atomic E-state index is -3.82. The Morgan fingerprint density at radius 3 is 2.20 bits per heavy atom. The Kier molecular flexibility index (Phi) is 4.29. The van der Waals surface area contributed by atoms with Gasteiger partial charge in [0.25, 0.3) is 10.0 Å². The van der Waals surface area contributed by atoms with E-state index in [1.165, 1.54) is 23.9 Å². The summed E-state index contributed by atoms with van der Waals surface area (Å²) in [6.45, 7) is 0. The van der Waals surface area contributed by atoms with Gasteiger partial charge >= 0.3 is 0 Å². The van der Waals surface area contributed by atoms with E-state index in [4.69, 9.17) is 0 Å². The number of halogens is 2. The molecular formula is C13H11F2NO2S2. The van der Waals surface area contributed by atoms with Crippen LogP contribution >= 0.6 is 11.8 Å². The Balaban J connectivity index is 2.27. The van der Waals surface area contributed by atoms with E-state index in [1.54, 1.807) is 12.1 Å². The molecule has 106 valence electrons. The second kappa shape index (κ2) is 5.80. The minimum absolute atomic E-state index is 0.0298. The molecule has 0 amide bonds. The summed E-state index contributed by atoms with van der Waals surface area (Å²) >= 11 is 1.49. The largest absolute Gasteiger partial charge is 0.280 e. The summed E-state index contributed by atoms with van der Waals surface area (Å²) in [5, 5.41) is 0. The number of thioether (sulfide) groups is 1. The fourth-order valence-corrected chi connectivity index (χ4v) is 2.99. The molecule has 2 rings (SSSR count). The number of hydrogen-bond donors (Lipinski definition) is 1. The van der Waals surface area contributed by atoms with Gasteiger partial charge in [-0.25, -0.2) is 17.2 Å². The second-order valence-electron chi connectivity index (χ2n) is 3.91. The highest BCUT2D eigenvalue weighted by Crippen LogP contribution is 2.21. The van der Waals surface area contributed by atoms with Gasteiger partial charge in [-0.15, -0.1) is 11.8 Å². The molecule has 0 atom stereocenters. The molecule has 0 aliphatic carbocycles. The van der Waals surface area contributed by atoms with Gasteiger partial charge in [-0.2, -0.15) is 0 Å². The van der Waals surface area contributed by atoms with Crippen molar-refractivity contribution in [2.24, 2.45) is 0 Å². The third-order valence-corrected chi connectivity index (χ3v) is 4.68. The van der Waals surface area contributed by atoms with Crippen molar-refractivity contribution < 1.29 is 17.2 Å². The number of rotatable bonds is 4. The van der Waals surface area contributed by atoms with E-state index in [0.29, 0.717) is 0 Å². The molecule has 2 aromatic carbocycles. The minimum Gasteiger partial charge on any atom is -0.280 e. The van der Waals surface area contributed by atoms with Crippen LogP contribution in [0.25, 0.3) is 0 Å². The molecule has 0 fully saturated rings. The van der Waals surface area contributed by atoms with Crippen molar-refractivity contribution in [1.82, 2.24) is 0 Å². The maximum absolute atomic E-state index is 13.0. The number of sulfonamides is 1. The first-order chi connectivity index (χ1) is 9.42. The molecule has 0 aliphatic heterocycles. The van der Waals surface area contributed by atoms with Crippen LogP contribution in [0, 0.1) is 11.6 Å². The first kappa shape index (κ1) is 14.8. The van der Waals surface area contributed by atoms with E-state index < -0.39 is 21.7 Å². The van der Waals surface area contributed by atoms with E-state index in [1.807, 2.05) is 6.26 Å². The molecule has 0 bridgehead atoms. The van der Waals surface area contributed by atoms with Crippen LogP contribution in [-0.4, -0.2) is 14.7 Å².